The topological polar surface area (TPSA) is 46.8 Å². The van der Waals surface area contributed by atoms with E-state index in [2.05, 4.69) is 132 Å². The highest BCUT2D eigenvalue weighted by Crippen LogP contribution is 2.57. The molecule has 0 fully saturated rings. The van der Waals surface area contributed by atoms with Gasteiger partial charge in [0.25, 0.3) is 0 Å². The third-order valence-electron chi connectivity index (χ3n) is 9.26. The molecule has 1 aliphatic heterocycles. The van der Waals surface area contributed by atoms with Gasteiger partial charge in [-0.05, 0) is 30.7 Å². The molecule has 0 saturated heterocycles. The van der Waals surface area contributed by atoms with E-state index in [4.69, 9.17) is 15.0 Å². The first-order valence-corrected chi connectivity index (χ1v) is 15.4. The number of benzene rings is 5. The smallest absolute Gasteiger partial charge is 0.238 e. The van der Waals surface area contributed by atoms with Gasteiger partial charge in [0.15, 0.2) is 11.6 Å². The molecule has 0 amide bonds. The van der Waals surface area contributed by atoms with Crippen LogP contribution in [0.5, 0.6) is 0 Å². The lowest BCUT2D eigenvalue weighted by Crippen LogP contribution is -2.42. The normalized spacial score (nSPS) is 18.4. The number of fused-ring (bicyclic) bond motifs is 7. The molecule has 0 spiro atoms. The fraction of sp³-hybridized carbons (Fsp3) is 0.0750. The first-order chi connectivity index (χ1) is 22.2. The van der Waals surface area contributed by atoms with Gasteiger partial charge in [0.05, 0.1) is 22.3 Å². The Bertz CT molecular complexity index is 2230. The first-order valence-electron chi connectivity index (χ1n) is 15.4. The lowest BCUT2D eigenvalue weighted by molar-refractivity contribution is 0.542. The van der Waals surface area contributed by atoms with Crippen molar-refractivity contribution in [1.29, 1.82) is 0 Å². The SMILES string of the molecule is CC12C=CC=CC1c1ccc3c4ccccc4n(-c4nc(-c5ccccc5)nc(-c5ccccc5)n4)c3c1N2c1ccccc1. The highest BCUT2D eigenvalue weighted by Gasteiger charge is 2.48. The van der Waals surface area contributed by atoms with Crippen molar-refractivity contribution in [2.45, 2.75) is 18.4 Å². The standard InChI is InChI=1S/C40H29N5/c1-40-26-14-13-22-33(40)32-25-24-31-30-21-11-12-23-34(30)44(35(31)36(32)45(40)29-19-9-4-10-20-29)39-42-37(27-15-5-2-6-16-27)41-38(43-39)28-17-7-3-8-18-28/h2-26,33H,1H3. The lowest BCUT2D eigenvalue weighted by atomic mass is 9.80. The van der Waals surface area contributed by atoms with E-state index < -0.39 is 0 Å². The van der Waals surface area contributed by atoms with E-state index in [0.29, 0.717) is 17.6 Å². The zero-order valence-corrected chi connectivity index (χ0v) is 24.7. The summed E-state index contributed by atoms with van der Waals surface area (Å²) in [6.45, 7) is 2.34. The second kappa shape index (κ2) is 9.86. The van der Waals surface area contributed by atoms with Gasteiger partial charge in [0, 0.05) is 33.5 Å². The second-order valence-corrected chi connectivity index (χ2v) is 11.9. The zero-order valence-electron chi connectivity index (χ0n) is 24.7. The van der Waals surface area contributed by atoms with Crippen molar-refractivity contribution >= 4 is 33.2 Å². The van der Waals surface area contributed by atoms with E-state index in [1.807, 2.05) is 36.4 Å². The number of hydrogen-bond donors (Lipinski definition) is 0. The van der Waals surface area contributed by atoms with Crippen LogP contribution in [0, 0.1) is 0 Å². The average molecular weight is 580 g/mol. The van der Waals surface area contributed by atoms with E-state index in [0.717, 1.165) is 33.2 Å². The Morgan fingerprint density at radius 2 is 1.22 bits per heavy atom. The van der Waals surface area contributed by atoms with Gasteiger partial charge in [-0.1, -0.05) is 133 Å². The maximum atomic E-state index is 5.20. The van der Waals surface area contributed by atoms with Crippen molar-refractivity contribution in [2.75, 3.05) is 4.90 Å². The van der Waals surface area contributed by atoms with Crippen molar-refractivity contribution in [1.82, 2.24) is 19.5 Å². The van der Waals surface area contributed by atoms with Crippen LogP contribution in [-0.2, 0) is 0 Å². The average Bonchev–Trinajstić information content (AvgIpc) is 3.58. The highest BCUT2D eigenvalue weighted by atomic mass is 15.3. The molecule has 45 heavy (non-hydrogen) atoms. The summed E-state index contributed by atoms with van der Waals surface area (Å²) in [7, 11) is 0. The van der Waals surface area contributed by atoms with Crippen LogP contribution >= 0.6 is 0 Å². The van der Waals surface area contributed by atoms with E-state index in [1.165, 1.54) is 16.6 Å². The number of nitrogens with zero attached hydrogens (tertiary/aromatic N) is 5. The summed E-state index contributed by atoms with van der Waals surface area (Å²) < 4.78 is 2.26. The van der Waals surface area contributed by atoms with Crippen molar-refractivity contribution in [3.63, 3.8) is 0 Å². The number of anilines is 2. The minimum atomic E-state index is -0.280. The molecule has 2 aliphatic rings. The fourth-order valence-electron chi connectivity index (χ4n) is 7.23. The Kier molecular flexibility index (Phi) is 5.62. The molecule has 7 aromatic rings. The predicted octanol–water partition coefficient (Wildman–Crippen LogP) is 9.42. The molecule has 9 rings (SSSR count). The third-order valence-corrected chi connectivity index (χ3v) is 9.26. The van der Waals surface area contributed by atoms with Crippen molar-refractivity contribution < 1.29 is 0 Å². The summed E-state index contributed by atoms with van der Waals surface area (Å²) in [6, 6.07) is 44.3. The minimum absolute atomic E-state index is 0.187. The van der Waals surface area contributed by atoms with Crippen LogP contribution in [-0.4, -0.2) is 25.1 Å². The summed E-state index contributed by atoms with van der Waals surface area (Å²) in [5.74, 6) is 2.07. The van der Waals surface area contributed by atoms with Gasteiger partial charge in [-0.15, -0.1) is 0 Å². The van der Waals surface area contributed by atoms with Gasteiger partial charge in [0.1, 0.15) is 0 Å². The van der Waals surface area contributed by atoms with E-state index in [-0.39, 0.29) is 11.5 Å². The first kappa shape index (κ1) is 25.7. The predicted molar refractivity (Wildman–Crippen MR) is 183 cm³/mol. The molecular formula is C40H29N5. The Morgan fingerprint density at radius 1 is 0.600 bits per heavy atom. The molecule has 1 aliphatic carbocycles. The van der Waals surface area contributed by atoms with Crippen LogP contribution in [0.25, 0.3) is 50.5 Å². The van der Waals surface area contributed by atoms with Crippen LogP contribution < -0.4 is 4.90 Å². The molecule has 0 radical (unpaired) electrons. The van der Waals surface area contributed by atoms with Crippen LogP contribution in [0.4, 0.5) is 11.4 Å². The van der Waals surface area contributed by atoms with Crippen LogP contribution in [0.3, 0.4) is 0 Å². The molecule has 214 valence electrons. The maximum Gasteiger partial charge on any atom is 0.238 e. The van der Waals surface area contributed by atoms with Crippen molar-refractivity contribution in [3.05, 3.63) is 157 Å². The summed E-state index contributed by atoms with van der Waals surface area (Å²) >= 11 is 0. The molecule has 5 heteroatoms. The van der Waals surface area contributed by atoms with Crippen molar-refractivity contribution in [3.8, 4) is 28.7 Å². The molecule has 0 N–H and O–H groups in total. The number of aromatic nitrogens is 4. The Labute approximate surface area is 261 Å². The Hall–Kier alpha value is -5.81. The van der Waals surface area contributed by atoms with E-state index >= 15 is 0 Å². The molecular weight excluding hydrogens is 550 g/mol. The summed E-state index contributed by atoms with van der Waals surface area (Å²) in [5, 5.41) is 2.33. The van der Waals surface area contributed by atoms with Gasteiger partial charge < -0.3 is 4.90 Å². The second-order valence-electron chi connectivity index (χ2n) is 11.9. The molecule has 0 saturated carbocycles. The monoisotopic (exact) mass is 579 g/mol. The molecule has 2 aromatic heterocycles. The van der Waals surface area contributed by atoms with Gasteiger partial charge in [-0.25, -0.2) is 4.98 Å². The fourth-order valence-corrected chi connectivity index (χ4v) is 7.23. The van der Waals surface area contributed by atoms with Gasteiger partial charge in [0.2, 0.25) is 5.95 Å². The quantitative estimate of drug-likeness (QED) is 0.208. The summed E-state index contributed by atoms with van der Waals surface area (Å²) in [6.07, 6.45) is 9.03. The number of allylic oxidation sites excluding steroid dienone is 2. The van der Waals surface area contributed by atoms with Gasteiger partial charge in [-0.2, -0.15) is 9.97 Å². The third kappa shape index (κ3) is 3.84. The zero-order chi connectivity index (χ0) is 30.0. The van der Waals surface area contributed by atoms with Crippen molar-refractivity contribution in [2.24, 2.45) is 0 Å². The highest BCUT2D eigenvalue weighted by molar-refractivity contribution is 6.15. The minimum Gasteiger partial charge on any atom is -0.329 e. The van der Waals surface area contributed by atoms with E-state index in [1.54, 1.807) is 0 Å². The largest absolute Gasteiger partial charge is 0.329 e. The summed E-state index contributed by atoms with van der Waals surface area (Å²) in [4.78, 5) is 17.9. The Balaban J connectivity index is 1.42. The van der Waals surface area contributed by atoms with E-state index in [9.17, 15) is 0 Å². The van der Waals surface area contributed by atoms with Gasteiger partial charge in [-0.3, -0.25) is 4.57 Å². The molecule has 2 atom stereocenters. The lowest BCUT2D eigenvalue weighted by Gasteiger charge is -2.39. The molecule has 5 nitrogen and oxygen atoms in total. The number of para-hydroxylation sites is 2. The number of rotatable bonds is 4. The Morgan fingerprint density at radius 3 is 1.91 bits per heavy atom. The summed E-state index contributed by atoms with van der Waals surface area (Å²) in [5.41, 5.74) is 7.40. The van der Waals surface area contributed by atoms with Crippen LogP contribution in [0.15, 0.2) is 152 Å². The van der Waals surface area contributed by atoms with Gasteiger partial charge >= 0.3 is 0 Å². The van der Waals surface area contributed by atoms with Crippen LogP contribution in [0.2, 0.25) is 0 Å². The maximum absolute atomic E-state index is 5.20. The number of hydrogen-bond acceptors (Lipinski definition) is 4. The molecule has 5 aromatic carbocycles. The molecule has 3 heterocycles. The molecule has 0 bridgehead atoms. The molecule has 2 unspecified atom stereocenters. The van der Waals surface area contributed by atoms with Crippen LogP contribution in [0.1, 0.15) is 18.4 Å².